The van der Waals surface area contributed by atoms with E-state index in [4.69, 9.17) is 16.3 Å². The Bertz CT molecular complexity index is 363. The van der Waals surface area contributed by atoms with E-state index in [9.17, 15) is 5.11 Å². The van der Waals surface area contributed by atoms with Crippen molar-refractivity contribution in [2.24, 2.45) is 0 Å². The summed E-state index contributed by atoms with van der Waals surface area (Å²) in [5, 5.41) is 10.7. The maximum atomic E-state index is 9.95. The predicted octanol–water partition coefficient (Wildman–Crippen LogP) is 4.14. The Morgan fingerprint density at radius 2 is 2.16 bits per heavy atom. The molecular formula is C15H21ClO2S. The Balaban J connectivity index is 1.58. The second-order valence-electron chi connectivity index (χ2n) is 4.98. The molecule has 4 heteroatoms. The van der Waals surface area contributed by atoms with Gasteiger partial charge in [-0.05, 0) is 56.4 Å². The lowest BCUT2D eigenvalue weighted by molar-refractivity contribution is 0.0966. The number of halogens is 1. The molecule has 1 fully saturated rings. The Kier molecular flexibility index (Phi) is 6.51. The molecule has 1 aromatic carbocycles. The van der Waals surface area contributed by atoms with Gasteiger partial charge in [0, 0.05) is 22.3 Å². The summed E-state index contributed by atoms with van der Waals surface area (Å²) in [4.78, 5) is 1.16. The largest absolute Gasteiger partial charge is 0.392 e. The van der Waals surface area contributed by atoms with Gasteiger partial charge in [-0.3, -0.25) is 0 Å². The fraction of sp³-hybridized carbons (Fsp3) is 0.600. The van der Waals surface area contributed by atoms with Crippen LogP contribution in [-0.4, -0.2) is 29.7 Å². The summed E-state index contributed by atoms with van der Waals surface area (Å²) < 4.78 is 5.58. The second kappa shape index (κ2) is 8.15. The van der Waals surface area contributed by atoms with Crippen LogP contribution < -0.4 is 0 Å². The summed E-state index contributed by atoms with van der Waals surface area (Å²) >= 11 is 7.51. The van der Waals surface area contributed by atoms with E-state index in [2.05, 4.69) is 0 Å². The molecule has 1 saturated heterocycles. The Hall–Kier alpha value is -0.220. The molecule has 2 unspecified atom stereocenters. The van der Waals surface area contributed by atoms with Crippen LogP contribution in [-0.2, 0) is 4.74 Å². The summed E-state index contributed by atoms with van der Waals surface area (Å²) in [5.41, 5.74) is 0. The number of rotatable bonds is 7. The van der Waals surface area contributed by atoms with Crippen molar-refractivity contribution in [2.75, 3.05) is 12.4 Å². The topological polar surface area (TPSA) is 29.5 Å². The van der Waals surface area contributed by atoms with Crippen molar-refractivity contribution in [3.05, 3.63) is 29.3 Å². The van der Waals surface area contributed by atoms with Crippen LogP contribution >= 0.6 is 23.4 Å². The monoisotopic (exact) mass is 300 g/mol. The van der Waals surface area contributed by atoms with E-state index in [1.807, 2.05) is 24.3 Å². The molecule has 1 aliphatic rings. The van der Waals surface area contributed by atoms with E-state index in [0.29, 0.717) is 6.10 Å². The summed E-state index contributed by atoms with van der Waals surface area (Å²) in [6.07, 6.45) is 5.59. The van der Waals surface area contributed by atoms with Crippen LogP contribution in [0, 0.1) is 0 Å². The number of aliphatic hydroxyl groups is 1. The lowest BCUT2D eigenvalue weighted by Gasteiger charge is -2.12. The molecule has 0 aromatic heterocycles. The molecule has 1 heterocycles. The molecular weight excluding hydrogens is 280 g/mol. The van der Waals surface area contributed by atoms with Gasteiger partial charge in [-0.15, -0.1) is 11.8 Å². The molecule has 0 amide bonds. The van der Waals surface area contributed by atoms with Crippen LogP contribution in [0.1, 0.15) is 32.1 Å². The smallest absolute Gasteiger partial charge is 0.0634 e. The first-order valence-corrected chi connectivity index (χ1v) is 8.28. The molecule has 1 aliphatic heterocycles. The van der Waals surface area contributed by atoms with Crippen LogP contribution in [0.4, 0.5) is 0 Å². The minimum absolute atomic E-state index is 0.234. The molecule has 0 saturated carbocycles. The van der Waals surface area contributed by atoms with Crippen molar-refractivity contribution < 1.29 is 9.84 Å². The van der Waals surface area contributed by atoms with Crippen molar-refractivity contribution in [1.29, 1.82) is 0 Å². The van der Waals surface area contributed by atoms with E-state index in [1.165, 1.54) is 12.8 Å². The van der Waals surface area contributed by atoms with Crippen LogP contribution in [0.5, 0.6) is 0 Å². The maximum absolute atomic E-state index is 9.95. The van der Waals surface area contributed by atoms with Crippen LogP contribution in [0.25, 0.3) is 0 Å². The molecule has 2 atom stereocenters. The molecule has 106 valence electrons. The normalized spacial score (nSPS) is 20.6. The first kappa shape index (κ1) is 15.2. The number of thioether (sulfide) groups is 1. The zero-order chi connectivity index (χ0) is 13.5. The van der Waals surface area contributed by atoms with E-state index >= 15 is 0 Å². The number of benzene rings is 1. The molecule has 0 aliphatic carbocycles. The molecule has 19 heavy (non-hydrogen) atoms. The standard InChI is InChI=1S/C15H21ClO2S/c16-12-6-8-15(9-7-12)19-11-13(17)3-1-4-14-5-2-10-18-14/h6-9,13-14,17H,1-5,10-11H2. The minimum atomic E-state index is -0.234. The summed E-state index contributed by atoms with van der Waals surface area (Å²) in [5.74, 6) is 0.743. The van der Waals surface area contributed by atoms with Gasteiger partial charge in [-0.2, -0.15) is 0 Å². The average Bonchev–Trinajstić information content (AvgIpc) is 2.91. The van der Waals surface area contributed by atoms with Gasteiger partial charge in [-0.25, -0.2) is 0 Å². The van der Waals surface area contributed by atoms with Gasteiger partial charge in [0.05, 0.1) is 12.2 Å². The zero-order valence-electron chi connectivity index (χ0n) is 11.1. The third kappa shape index (κ3) is 5.74. The molecule has 0 spiro atoms. The van der Waals surface area contributed by atoms with Gasteiger partial charge >= 0.3 is 0 Å². The third-order valence-electron chi connectivity index (χ3n) is 3.34. The van der Waals surface area contributed by atoms with Gasteiger partial charge in [0.1, 0.15) is 0 Å². The van der Waals surface area contributed by atoms with Crippen molar-refractivity contribution in [3.8, 4) is 0 Å². The zero-order valence-corrected chi connectivity index (χ0v) is 12.6. The minimum Gasteiger partial charge on any atom is -0.392 e. The van der Waals surface area contributed by atoms with Gasteiger partial charge in [0.25, 0.3) is 0 Å². The van der Waals surface area contributed by atoms with Crippen molar-refractivity contribution >= 4 is 23.4 Å². The molecule has 1 aromatic rings. The summed E-state index contributed by atoms with van der Waals surface area (Å²) in [7, 11) is 0. The van der Waals surface area contributed by atoms with Gasteiger partial charge in [-0.1, -0.05) is 11.6 Å². The Morgan fingerprint density at radius 1 is 1.37 bits per heavy atom. The number of hydrogen-bond acceptors (Lipinski definition) is 3. The second-order valence-corrected chi connectivity index (χ2v) is 6.51. The highest BCUT2D eigenvalue weighted by Crippen LogP contribution is 2.23. The fourth-order valence-electron chi connectivity index (χ4n) is 2.26. The summed E-state index contributed by atoms with van der Waals surface area (Å²) in [6.45, 7) is 0.916. The van der Waals surface area contributed by atoms with Crippen LogP contribution in [0.15, 0.2) is 29.2 Å². The molecule has 0 radical (unpaired) electrons. The van der Waals surface area contributed by atoms with E-state index < -0.39 is 0 Å². The average molecular weight is 301 g/mol. The van der Waals surface area contributed by atoms with Crippen molar-refractivity contribution in [2.45, 2.75) is 49.2 Å². The summed E-state index contributed by atoms with van der Waals surface area (Å²) in [6, 6.07) is 7.75. The fourth-order valence-corrected chi connectivity index (χ4v) is 3.27. The molecule has 0 bridgehead atoms. The number of hydrogen-bond donors (Lipinski definition) is 1. The third-order valence-corrected chi connectivity index (χ3v) is 4.75. The molecule has 2 nitrogen and oxygen atoms in total. The highest BCUT2D eigenvalue weighted by atomic mass is 35.5. The van der Waals surface area contributed by atoms with E-state index in [1.54, 1.807) is 11.8 Å². The van der Waals surface area contributed by atoms with Gasteiger partial charge in [0.2, 0.25) is 0 Å². The van der Waals surface area contributed by atoms with Gasteiger partial charge < -0.3 is 9.84 Å². The Labute approximate surface area is 124 Å². The van der Waals surface area contributed by atoms with Crippen molar-refractivity contribution in [3.63, 3.8) is 0 Å². The Morgan fingerprint density at radius 3 is 2.84 bits per heavy atom. The quantitative estimate of drug-likeness (QED) is 0.767. The first-order chi connectivity index (χ1) is 9.24. The number of ether oxygens (including phenoxy) is 1. The van der Waals surface area contributed by atoms with E-state index in [-0.39, 0.29) is 6.10 Å². The number of aliphatic hydroxyl groups excluding tert-OH is 1. The first-order valence-electron chi connectivity index (χ1n) is 6.92. The van der Waals surface area contributed by atoms with Crippen LogP contribution in [0.3, 0.4) is 0 Å². The molecule has 2 rings (SSSR count). The van der Waals surface area contributed by atoms with Crippen molar-refractivity contribution in [1.82, 2.24) is 0 Å². The maximum Gasteiger partial charge on any atom is 0.0634 e. The SMILES string of the molecule is OC(CCCC1CCCO1)CSc1ccc(Cl)cc1. The van der Waals surface area contributed by atoms with E-state index in [0.717, 1.165) is 41.5 Å². The molecule has 1 N–H and O–H groups in total. The van der Waals surface area contributed by atoms with Gasteiger partial charge in [0.15, 0.2) is 0 Å². The predicted molar refractivity (Wildman–Crippen MR) is 81.0 cm³/mol. The lowest BCUT2D eigenvalue weighted by Crippen LogP contribution is -2.12. The highest BCUT2D eigenvalue weighted by molar-refractivity contribution is 7.99. The van der Waals surface area contributed by atoms with Crippen LogP contribution in [0.2, 0.25) is 5.02 Å². The highest BCUT2D eigenvalue weighted by Gasteiger charge is 2.15. The lowest BCUT2D eigenvalue weighted by atomic mass is 10.1.